The standard InChI is InChI=1S/C11H12N2O2S/c1-2-11-12-10(7-16-11)8-3-5-9(6-4-8)13(14)15/h3-6,10H,2,7H2,1H3. The van der Waals surface area contributed by atoms with Gasteiger partial charge in [0, 0.05) is 17.9 Å². The third-order valence-corrected chi connectivity index (χ3v) is 3.71. The van der Waals surface area contributed by atoms with Crippen LogP contribution >= 0.6 is 11.8 Å². The molecule has 2 rings (SSSR count). The summed E-state index contributed by atoms with van der Waals surface area (Å²) >= 11 is 1.77. The van der Waals surface area contributed by atoms with Crippen molar-refractivity contribution < 1.29 is 4.92 Å². The highest BCUT2D eigenvalue weighted by molar-refractivity contribution is 8.14. The van der Waals surface area contributed by atoms with Gasteiger partial charge >= 0.3 is 0 Å². The fraction of sp³-hybridized carbons (Fsp3) is 0.364. The highest BCUT2D eigenvalue weighted by Crippen LogP contribution is 2.31. The van der Waals surface area contributed by atoms with Crippen LogP contribution in [-0.4, -0.2) is 15.7 Å². The van der Waals surface area contributed by atoms with Crippen molar-refractivity contribution in [1.82, 2.24) is 0 Å². The molecule has 0 aromatic heterocycles. The van der Waals surface area contributed by atoms with E-state index in [0.717, 1.165) is 17.7 Å². The SMILES string of the molecule is CCC1=NC(c2ccc([N+](=O)[O-])cc2)CS1. The van der Waals surface area contributed by atoms with E-state index in [9.17, 15) is 10.1 Å². The van der Waals surface area contributed by atoms with E-state index < -0.39 is 0 Å². The summed E-state index contributed by atoms with van der Waals surface area (Å²) in [7, 11) is 0. The molecule has 4 nitrogen and oxygen atoms in total. The molecule has 1 heterocycles. The van der Waals surface area contributed by atoms with Crippen molar-refractivity contribution in [3.63, 3.8) is 0 Å². The Morgan fingerprint density at radius 2 is 2.19 bits per heavy atom. The lowest BCUT2D eigenvalue weighted by atomic mass is 10.1. The molecule has 0 saturated carbocycles. The highest BCUT2D eigenvalue weighted by atomic mass is 32.2. The number of hydrogen-bond donors (Lipinski definition) is 0. The number of nitro benzene ring substituents is 1. The van der Waals surface area contributed by atoms with Crippen LogP contribution in [0.5, 0.6) is 0 Å². The Kier molecular flexibility index (Phi) is 3.24. The minimum Gasteiger partial charge on any atom is -0.274 e. The van der Waals surface area contributed by atoms with Crippen molar-refractivity contribution in [3.05, 3.63) is 39.9 Å². The molecule has 0 spiro atoms. The van der Waals surface area contributed by atoms with Gasteiger partial charge in [0.2, 0.25) is 0 Å². The van der Waals surface area contributed by atoms with E-state index in [0.29, 0.717) is 0 Å². The van der Waals surface area contributed by atoms with Gasteiger partial charge in [0.1, 0.15) is 0 Å². The maximum atomic E-state index is 10.5. The van der Waals surface area contributed by atoms with Gasteiger partial charge in [0.25, 0.3) is 5.69 Å². The first-order valence-corrected chi connectivity index (χ1v) is 6.13. The Morgan fingerprint density at radius 1 is 1.50 bits per heavy atom. The van der Waals surface area contributed by atoms with Crippen molar-refractivity contribution in [2.24, 2.45) is 4.99 Å². The second-order valence-corrected chi connectivity index (χ2v) is 4.65. The van der Waals surface area contributed by atoms with Crippen molar-refractivity contribution in [1.29, 1.82) is 0 Å². The molecule has 16 heavy (non-hydrogen) atoms. The fourth-order valence-corrected chi connectivity index (χ4v) is 2.63. The molecule has 0 saturated heterocycles. The zero-order valence-electron chi connectivity index (χ0n) is 8.92. The number of aliphatic imine (C=N–C) groups is 1. The molecule has 1 aromatic rings. The van der Waals surface area contributed by atoms with Gasteiger partial charge in [-0.1, -0.05) is 19.1 Å². The van der Waals surface area contributed by atoms with Gasteiger partial charge in [-0.2, -0.15) is 0 Å². The minimum atomic E-state index is -0.381. The molecule has 1 unspecified atom stereocenters. The Balaban J connectivity index is 2.17. The average molecular weight is 236 g/mol. The molecule has 1 aromatic carbocycles. The largest absolute Gasteiger partial charge is 0.274 e. The number of thioether (sulfide) groups is 1. The van der Waals surface area contributed by atoms with Crippen LogP contribution in [-0.2, 0) is 0 Å². The van der Waals surface area contributed by atoms with E-state index in [1.54, 1.807) is 36.0 Å². The van der Waals surface area contributed by atoms with Gasteiger partial charge in [0.15, 0.2) is 0 Å². The van der Waals surface area contributed by atoms with Crippen molar-refractivity contribution >= 4 is 22.5 Å². The number of nitro groups is 1. The van der Waals surface area contributed by atoms with Crippen molar-refractivity contribution in [2.75, 3.05) is 5.75 Å². The zero-order valence-corrected chi connectivity index (χ0v) is 9.74. The first-order chi connectivity index (χ1) is 7.70. The summed E-state index contributed by atoms with van der Waals surface area (Å²) in [6, 6.07) is 6.84. The van der Waals surface area contributed by atoms with Crippen LogP contribution in [0.2, 0.25) is 0 Å². The maximum absolute atomic E-state index is 10.5. The summed E-state index contributed by atoms with van der Waals surface area (Å²) < 4.78 is 0. The topological polar surface area (TPSA) is 55.5 Å². The molecular weight excluding hydrogens is 224 g/mol. The second kappa shape index (κ2) is 4.65. The molecule has 0 bridgehead atoms. The van der Waals surface area contributed by atoms with Crippen LogP contribution in [0.25, 0.3) is 0 Å². The predicted molar refractivity (Wildman–Crippen MR) is 66.0 cm³/mol. The third kappa shape index (κ3) is 2.24. The van der Waals surface area contributed by atoms with E-state index in [1.807, 2.05) is 0 Å². The third-order valence-electron chi connectivity index (χ3n) is 2.50. The van der Waals surface area contributed by atoms with Crippen molar-refractivity contribution in [2.45, 2.75) is 19.4 Å². The monoisotopic (exact) mass is 236 g/mol. The summed E-state index contributed by atoms with van der Waals surface area (Å²) in [6.07, 6.45) is 0.966. The molecule has 5 heteroatoms. The van der Waals surface area contributed by atoms with Crippen LogP contribution < -0.4 is 0 Å². The van der Waals surface area contributed by atoms with Gasteiger partial charge < -0.3 is 0 Å². The van der Waals surface area contributed by atoms with Gasteiger partial charge in [-0.15, -0.1) is 11.8 Å². The molecule has 0 fully saturated rings. The van der Waals surface area contributed by atoms with Crippen LogP contribution in [0.1, 0.15) is 24.9 Å². The summed E-state index contributed by atoms with van der Waals surface area (Å²) in [6.45, 7) is 2.09. The Labute approximate surface area is 97.9 Å². The average Bonchev–Trinajstić information content (AvgIpc) is 2.77. The fourth-order valence-electron chi connectivity index (χ4n) is 1.61. The van der Waals surface area contributed by atoms with E-state index in [4.69, 9.17) is 0 Å². The van der Waals surface area contributed by atoms with E-state index in [-0.39, 0.29) is 16.7 Å². The normalized spacial score (nSPS) is 19.6. The van der Waals surface area contributed by atoms with E-state index >= 15 is 0 Å². The quantitative estimate of drug-likeness (QED) is 0.598. The Bertz CT molecular complexity index is 428. The van der Waals surface area contributed by atoms with E-state index in [1.165, 1.54) is 5.04 Å². The summed E-state index contributed by atoms with van der Waals surface area (Å²) in [5, 5.41) is 11.7. The lowest BCUT2D eigenvalue weighted by Gasteiger charge is -2.04. The zero-order chi connectivity index (χ0) is 11.5. The molecule has 84 valence electrons. The number of nitrogens with zero attached hydrogens (tertiary/aromatic N) is 2. The first-order valence-electron chi connectivity index (χ1n) is 5.14. The molecule has 0 radical (unpaired) electrons. The van der Waals surface area contributed by atoms with Gasteiger partial charge in [-0.25, -0.2) is 0 Å². The molecule has 1 aliphatic heterocycles. The molecular formula is C11H12N2O2S. The van der Waals surface area contributed by atoms with Gasteiger partial charge in [-0.3, -0.25) is 15.1 Å². The van der Waals surface area contributed by atoms with Crippen LogP contribution in [0.3, 0.4) is 0 Å². The Hall–Kier alpha value is -1.36. The maximum Gasteiger partial charge on any atom is 0.269 e. The van der Waals surface area contributed by atoms with Crippen LogP contribution in [0, 0.1) is 10.1 Å². The molecule has 1 atom stereocenters. The smallest absolute Gasteiger partial charge is 0.269 e. The Morgan fingerprint density at radius 3 is 2.69 bits per heavy atom. The summed E-state index contributed by atoms with van der Waals surface area (Å²) in [4.78, 5) is 14.7. The predicted octanol–water partition coefficient (Wildman–Crippen LogP) is 3.19. The number of hydrogen-bond acceptors (Lipinski definition) is 4. The van der Waals surface area contributed by atoms with Crippen molar-refractivity contribution in [3.8, 4) is 0 Å². The number of non-ortho nitro benzene ring substituents is 1. The summed E-state index contributed by atoms with van der Waals surface area (Å²) in [5.74, 6) is 0.945. The molecule has 0 N–H and O–H groups in total. The summed E-state index contributed by atoms with van der Waals surface area (Å²) in [5.41, 5.74) is 1.19. The second-order valence-electron chi connectivity index (χ2n) is 3.55. The lowest BCUT2D eigenvalue weighted by Crippen LogP contribution is -1.95. The van der Waals surface area contributed by atoms with Crippen LogP contribution in [0.15, 0.2) is 29.3 Å². The first kappa shape index (κ1) is 11.1. The highest BCUT2D eigenvalue weighted by Gasteiger charge is 2.19. The van der Waals surface area contributed by atoms with Gasteiger partial charge in [-0.05, 0) is 12.0 Å². The molecule has 0 amide bonds. The van der Waals surface area contributed by atoms with Gasteiger partial charge in [0.05, 0.1) is 16.0 Å². The van der Waals surface area contributed by atoms with Crippen LogP contribution in [0.4, 0.5) is 5.69 Å². The lowest BCUT2D eigenvalue weighted by molar-refractivity contribution is -0.384. The molecule has 0 aliphatic carbocycles. The minimum absolute atomic E-state index is 0.133. The number of benzene rings is 1. The number of rotatable bonds is 3. The van der Waals surface area contributed by atoms with E-state index in [2.05, 4.69) is 11.9 Å². The molecule has 1 aliphatic rings.